The molecule has 10 heteroatoms. The van der Waals surface area contributed by atoms with Crippen LogP contribution >= 0.6 is 34.4 Å². The number of amides is 3. The molecule has 0 aliphatic heterocycles. The summed E-state index contributed by atoms with van der Waals surface area (Å²) < 4.78 is 0. The summed E-state index contributed by atoms with van der Waals surface area (Å²) in [6.07, 6.45) is 4.49. The molecule has 0 spiro atoms. The lowest BCUT2D eigenvalue weighted by molar-refractivity contribution is -0.115. The van der Waals surface area contributed by atoms with E-state index in [1.165, 1.54) is 39.3 Å². The largest absolute Gasteiger partial charge is 0.321 e. The lowest BCUT2D eigenvalue weighted by Crippen LogP contribution is -2.30. The standard InChI is InChI=1S/C33H30N4O3S3/c1-20-11-12-26-27(18-34)33(43-29(26)15-20)37-30(38)21(2)42-25-10-6-9-24(17-25)35-32(40)28(16-22-13-14-41-19-22)36-31(39)23-7-4-3-5-8-23/h3-10,13-14,16-17,19-21H,11-12,15H2,1-2H3,(H,35,40)(H,36,39)(H,37,38)/b28-16-. The minimum Gasteiger partial charge on any atom is -0.321 e. The molecule has 3 amide bonds. The lowest BCUT2D eigenvalue weighted by Gasteiger charge is -2.17. The van der Waals surface area contributed by atoms with Gasteiger partial charge in [-0.25, -0.2) is 0 Å². The van der Waals surface area contributed by atoms with Crippen molar-refractivity contribution in [1.29, 1.82) is 5.26 Å². The summed E-state index contributed by atoms with van der Waals surface area (Å²) in [4.78, 5) is 41.3. The fourth-order valence-electron chi connectivity index (χ4n) is 4.74. The zero-order chi connectivity index (χ0) is 30.3. The first kappa shape index (κ1) is 30.3. The Labute approximate surface area is 263 Å². The van der Waals surface area contributed by atoms with Crippen LogP contribution in [0.5, 0.6) is 0 Å². The molecule has 0 bridgehead atoms. The molecule has 4 aromatic rings. The predicted octanol–water partition coefficient (Wildman–Crippen LogP) is 7.33. The average molecular weight is 627 g/mol. The van der Waals surface area contributed by atoms with E-state index < -0.39 is 11.2 Å². The van der Waals surface area contributed by atoms with Crippen molar-refractivity contribution in [3.8, 4) is 6.07 Å². The summed E-state index contributed by atoms with van der Waals surface area (Å²) in [5.74, 6) is -0.469. The second-order valence-electron chi connectivity index (χ2n) is 10.3. The summed E-state index contributed by atoms with van der Waals surface area (Å²) >= 11 is 4.36. The van der Waals surface area contributed by atoms with E-state index in [2.05, 4.69) is 28.9 Å². The molecule has 2 aromatic heterocycles. The van der Waals surface area contributed by atoms with Crippen LogP contribution < -0.4 is 16.0 Å². The number of rotatable bonds is 9. The van der Waals surface area contributed by atoms with Crippen molar-refractivity contribution in [2.45, 2.75) is 43.3 Å². The second-order valence-corrected chi connectivity index (χ2v) is 13.6. The van der Waals surface area contributed by atoms with Gasteiger partial charge >= 0.3 is 0 Å². The number of hydrogen-bond acceptors (Lipinski definition) is 7. The number of carbonyl (C=O) groups excluding carboxylic acids is 3. The summed E-state index contributed by atoms with van der Waals surface area (Å²) in [5.41, 5.74) is 3.55. The number of carbonyl (C=O) groups is 3. The van der Waals surface area contributed by atoms with Gasteiger partial charge in [0.25, 0.3) is 11.8 Å². The van der Waals surface area contributed by atoms with Crippen LogP contribution in [0.15, 0.2) is 82.0 Å². The zero-order valence-corrected chi connectivity index (χ0v) is 26.1. The van der Waals surface area contributed by atoms with Gasteiger partial charge < -0.3 is 16.0 Å². The summed E-state index contributed by atoms with van der Waals surface area (Å²) in [6, 6.07) is 20.1. The number of nitriles is 1. The van der Waals surface area contributed by atoms with E-state index >= 15 is 0 Å². The summed E-state index contributed by atoms with van der Waals surface area (Å²) in [7, 11) is 0. The Bertz CT molecular complexity index is 1700. The molecule has 1 aliphatic carbocycles. The Morgan fingerprint density at radius 1 is 1.09 bits per heavy atom. The Hall–Kier alpha value is -4.17. The molecule has 7 nitrogen and oxygen atoms in total. The quantitative estimate of drug-likeness (QED) is 0.133. The molecule has 2 heterocycles. The van der Waals surface area contributed by atoms with Crippen LogP contribution in [0.3, 0.4) is 0 Å². The van der Waals surface area contributed by atoms with Gasteiger partial charge in [-0.05, 0) is 96.5 Å². The van der Waals surface area contributed by atoms with Crippen LogP contribution in [0.4, 0.5) is 10.7 Å². The summed E-state index contributed by atoms with van der Waals surface area (Å²) in [6.45, 7) is 4.03. The minimum atomic E-state index is -0.469. The van der Waals surface area contributed by atoms with Gasteiger partial charge in [-0.2, -0.15) is 16.6 Å². The van der Waals surface area contributed by atoms with Crippen molar-refractivity contribution >= 4 is 68.9 Å². The highest BCUT2D eigenvalue weighted by Crippen LogP contribution is 2.39. The molecule has 2 unspecified atom stereocenters. The highest BCUT2D eigenvalue weighted by atomic mass is 32.2. The van der Waals surface area contributed by atoms with Gasteiger partial charge in [0.15, 0.2) is 0 Å². The number of thiophene rings is 2. The van der Waals surface area contributed by atoms with E-state index in [1.54, 1.807) is 48.5 Å². The molecule has 0 fully saturated rings. The molecule has 1 aliphatic rings. The van der Waals surface area contributed by atoms with Crippen molar-refractivity contribution in [1.82, 2.24) is 5.32 Å². The van der Waals surface area contributed by atoms with Gasteiger partial charge in [0.05, 0.1) is 10.8 Å². The number of nitrogens with one attached hydrogen (secondary N) is 3. The highest BCUT2D eigenvalue weighted by molar-refractivity contribution is 8.00. The number of fused-ring (bicyclic) bond motifs is 1. The lowest BCUT2D eigenvalue weighted by atomic mass is 9.89. The Kier molecular flexibility index (Phi) is 9.77. The molecular formula is C33H30N4O3S3. The molecule has 0 saturated heterocycles. The van der Waals surface area contributed by atoms with Crippen LogP contribution in [0.2, 0.25) is 0 Å². The molecule has 0 radical (unpaired) electrons. The minimum absolute atomic E-state index is 0.111. The number of benzene rings is 2. The number of anilines is 2. The predicted molar refractivity (Wildman–Crippen MR) is 175 cm³/mol. The van der Waals surface area contributed by atoms with E-state index in [0.717, 1.165) is 35.3 Å². The van der Waals surface area contributed by atoms with E-state index in [4.69, 9.17) is 0 Å². The maximum absolute atomic E-state index is 13.3. The maximum atomic E-state index is 13.3. The maximum Gasteiger partial charge on any atom is 0.272 e. The normalized spacial score (nSPS) is 15.1. The molecule has 0 saturated carbocycles. The third kappa shape index (κ3) is 7.62. The number of nitrogens with zero attached hydrogens (tertiary/aromatic N) is 1. The molecule has 5 rings (SSSR count). The van der Waals surface area contributed by atoms with Gasteiger partial charge in [-0.3, -0.25) is 14.4 Å². The molecule has 2 aromatic carbocycles. The first-order valence-electron chi connectivity index (χ1n) is 13.8. The third-order valence-corrected chi connectivity index (χ3v) is 9.98. The molecule has 218 valence electrons. The topological polar surface area (TPSA) is 111 Å². The first-order valence-corrected chi connectivity index (χ1v) is 16.5. The SMILES string of the molecule is CC1CCc2c(sc(NC(=O)C(C)Sc3cccc(NC(=O)/C(=C/c4ccsc4)NC(=O)c4ccccc4)c3)c2C#N)C1. The van der Waals surface area contributed by atoms with Gasteiger partial charge in [0.1, 0.15) is 16.8 Å². The smallest absolute Gasteiger partial charge is 0.272 e. The highest BCUT2D eigenvalue weighted by Gasteiger charge is 2.26. The van der Waals surface area contributed by atoms with E-state index in [-0.39, 0.29) is 17.5 Å². The van der Waals surface area contributed by atoms with E-state index in [1.807, 2.05) is 35.9 Å². The van der Waals surface area contributed by atoms with Gasteiger partial charge in [0.2, 0.25) is 5.91 Å². The fraction of sp³-hybridized carbons (Fsp3) is 0.212. The van der Waals surface area contributed by atoms with Crippen LogP contribution in [-0.2, 0) is 22.4 Å². The van der Waals surface area contributed by atoms with Crippen molar-refractivity contribution < 1.29 is 14.4 Å². The van der Waals surface area contributed by atoms with Crippen LogP contribution in [0, 0.1) is 17.2 Å². The van der Waals surface area contributed by atoms with Gasteiger partial charge in [0, 0.05) is 21.0 Å². The average Bonchev–Trinajstić information content (AvgIpc) is 3.64. The second kappa shape index (κ2) is 13.9. The number of thioether (sulfide) groups is 1. The molecule has 2 atom stereocenters. The Morgan fingerprint density at radius 2 is 1.91 bits per heavy atom. The van der Waals surface area contributed by atoms with Crippen molar-refractivity contribution in [2.75, 3.05) is 10.6 Å². The molecule has 43 heavy (non-hydrogen) atoms. The molecular weight excluding hydrogens is 597 g/mol. The monoisotopic (exact) mass is 626 g/mol. The van der Waals surface area contributed by atoms with Crippen LogP contribution in [0.1, 0.15) is 52.2 Å². The molecule has 3 N–H and O–H groups in total. The van der Waals surface area contributed by atoms with Crippen LogP contribution in [0.25, 0.3) is 6.08 Å². The third-order valence-electron chi connectivity index (χ3n) is 7.02. The Balaban J connectivity index is 1.26. The van der Waals surface area contributed by atoms with Crippen LogP contribution in [-0.4, -0.2) is 23.0 Å². The van der Waals surface area contributed by atoms with E-state index in [9.17, 15) is 19.6 Å². The fourth-order valence-corrected chi connectivity index (χ4v) is 7.65. The zero-order valence-electron chi connectivity index (χ0n) is 23.7. The van der Waals surface area contributed by atoms with Crippen molar-refractivity contribution in [2.24, 2.45) is 5.92 Å². The Morgan fingerprint density at radius 3 is 2.65 bits per heavy atom. The first-order chi connectivity index (χ1) is 20.8. The van der Waals surface area contributed by atoms with Gasteiger partial charge in [-0.15, -0.1) is 23.1 Å². The van der Waals surface area contributed by atoms with Crippen molar-refractivity contribution in [3.63, 3.8) is 0 Å². The van der Waals surface area contributed by atoms with Gasteiger partial charge in [-0.1, -0.05) is 31.2 Å². The van der Waals surface area contributed by atoms with E-state index in [0.29, 0.717) is 27.7 Å². The number of hydrogen-bond donors (Lipinski definition) is 3. The van der Waals surface area contributed by atoms with Crippen molar-refractivity contribution in [3.05, 3.63) is 104 Å². The summed E-state index contributed by atoms with van der Waals surface area (Å²) in [5, 5.41) is 22.3.